The predicted molar refractivity (Wildman–Crippen MR) is 84.3 cm³/mol. The summed E-state index contributed by atoms with van der Waals surface area (Å²) in [5, 5.41) is 3.04. The van der Waals surface area contributed by atoms with Crippen LogP contribution in [-0.2, 0) is 44.0 Å². The Labute approximate surface area is 157 Å². The first-order valence-electron chi connectivity index (χ1n) is 7.33. The quantitative estimate of drug-likeness (QED) is 0.820. The molecule has 0 saturated heterocycles. The first kappa shape index (κ1) is 19.1. The fourth-order valence-corrected chi connectivity index (χ4v) is 2.52. The molecule has 1 radical (unpaired) electrons. The SMILES string of the molecule is Cc1cccc(C)c1NC(=O)Cn1c(C)cc[n+]1C(C)C.[Y]. The first-order valence-corrected chi connectivity index (χ1v) is 7.33. The summed E-state index contributed by atoms with van der Waals surface area (Å²) >= 11 is 0. The van der Waals surface area contributed by atoms with Crippen LogP contribution in [0.5, 0.6) is 0 Å². The van der Waals surface area contributed by atoms with Gasteiger partial charge in [-0.25, -0.2) is 0 Å². The summed E-state index contributed by atoms with van der Waals surface area (Å²) in [7, 11) is 0. The first-order chi connectivity index (χ1) is 9.90. The van der Waals surface area contributed by atoms with Crippen LogP contribution in [0.1, 0.15) is 36.7 Å². The van der Waals surface area contributed by atoms with Gasteiger partial charge in [0.15, 0.2) is 18.8 Å². The summed E-state index contributed by atoms with van der Waals surface area (Å²) in [5.41, 5.74) is 4.18. The van der Waals surface area contributed by atoms with Crippen molar-refractivity contribution in [2.75, 3.05) is 5.32 Å². The van der Waals surface area contributed by atoms with E-state index >= 15 is 0 Å². The van der Waals surface area contributed by atoms with Gasteiger partial charge >= 0.3 is 0 Å². The average Bonchev–Trinajstić information content (AvgIpc) is 2.76. The van der Waals surface area contributed by atoms with Crippen molar-refractivity contribution in [3.8, 4) is 0 Å². The van der Waals surface area contributed by atoms with E-state index in [0.717, 1.165) is 22.5 Å². The normalized spacial score (nSPS) is 10.5. The van der Waals surface area contributed by atoms with E-state index in [0.29, 0.717) is 12.6 Å². The van der Waals surface area contributed by atoms with Crippen LogP contribution < -0.4 is 10.00 Å². The molecule has 0 aliphatic carbocycles. The zero-order valence-corrected chi connectivity index (χ0v) is 16.9. The Bertz CT molecular complexity index is 642. The van der Waals surface area contributed by atoms with Gasteiger partial charge in [0.05, 0.1) is 5.69 Å². The van der Waals surface area contributed by atoms with Gasteiger partial charge in [0.2, 0.25) is 5.91 Å². The Kier molecular flexibility index (Phi) is 6.95. The molecule has 1 heterocycles. The Hall–Kier alpha value is -0.996. The van der Waals surface area contributed by atoms with E-state index in [2.05, 4.69) is 23.8 Å². The number of aryl methyl sites for hydroxylation is 3. The number of anilines is 1. The third-order valence-corrected chi connectivity index (χ3v) is 3.72. The molecule has 0 aliphatic rings. The van der Waals surface area contributed by atoms with E-state index in [1.807, 2.05) is 55.9 Å². The van der Waals surface area contributed by atoms with Crippen LogP contribution >= 0.6 is 0 Å². The van der Waals surface area contributed by atoms with Gasteiger partial charge < -0.3 is 5.32 Å². The summed E-state index contributed by atoms with van der Waals surface area (Å²) in [6.07, 6.45) is 2.02. The number of rotatable bonds is 4. The van der Waals surface area contributed by atoms with Crippen LogP contribution in [0.15, 0.2) is 30.5 Å². The van der Waals surface area contributed by atoms with Crippen LogP contribution in [0.4, 0.5) is 5.69 Å². The second-order valence-electron chi connectivity index (χ2n) is 5.80. The van der Waals surface area contributed by atoms with Gasteiger partial charge in [0, 0.05) is 44.5 Å². The molecule has 0 spiro atoms. The Balaban J connectivity index is 0.00000242. The van der Waals surface area contributed by atoms with Gasteiger partial charge in [-0.1, -0.05) is 18.2 Å². The van der Waals surface area contributed by atoms with Crippen LogP contribution in [0.3, 0.4) is 0 Å². The summed E-state index contributed by atoms with van der Waals surface area (Å²) in [5.74, 6) is 0.00102. The molecule has 0 saturated carbocycles. The average molecular weight is 375 g/mol. The molecular weight excluding hydrogens is 351 g/mol. The maximum Gasteiger partial charge on any atom is 0.250 e. The van der Waals surface area contributed by atoms with Gasteiger partial charge in [0.25, 0.3) is 0 Å². The van der Waals surface area contributed by atoms with Crippen molar-refractivity contribution >= 4 is 11.6 Å². The number of para-hydroxylation sites is 1. The van der Waals surface area contributed by atoms with Crippen molar-refractivity contribution in [1.29, 1.82) is 0 Å². The number of carbonyl (C=O) groups is 1. The van der Waals surface area contributed by atoms with Crippen LogP contribution in [0, 0.1) is 20.8 Å². The number of aromatic nitrogens is 2. The molecule has 0 aliphatic heterocycles. The van der Waals surface area contributed by atoms with Crippen molar-refractivity contribution in [2.24, 2.45) is 0 Å². The third-order valence-electron chi connectivity index (χ3n) is 3.72. The van der Waals surface area contributed by atoms with E-state index in [1.165, 1.54) is 0 Å². The van der Waals surface area contributed by atoms with Gasteiger partial charge in [-0.15, -0.1) is 9.36 Å². The van der Waals surface area contributed by atoms with E-state index in [-0.39, 0.29) is 38.6 Å². The van der Waals surface area contributed by atoms with Crippen molar-refractivity contribution in [3.63, 3.8) is 0 Å². The minimum Gasteiger partial charge on any atom is -0.324 e. The van der Waals surface area contributed by atoms with Gasteiger partial charge in [0.1, 0.15) is 0 Å². The number of hydrogen-bond donors (Lipinski definition) is 1. The minimum atomic E-state index is 0. The maximum atomic E-state index is 12.4. The Morgan fingerprint density at radius 1 is 1.18 bits per heavy atom. The van der Waals surface area contributed by atoms with E-state index < -0.39 is 0 Å². The third kappa shape index (κ3) is 4.27. The Morgan fingerprint density at radius 2 is 1.77 bits per heavy atom. The second kappa shape index (κ2) is 8.02. The largest absolute Gasteiger partial charge is 0.324 e. The van der Waals surface area contributed by atoms with E-state index in [1.54, 1.807) is 0 Å². The molecule has 2 rings (SSSR count). The minimum absolute atomic E-state index is 0. The van der Waals surface area contributed by atoms with E-state index in [9.17, 15) is 4.79 Å². The molecular formula is C17H24N3OY+. The monoisotopic (exact) mass is 375 g/mol. The van der Waals surface area contributed by atoms with Crippen molar-refractivity contribution in [1.82, 2.24) is 4.68 Å². The summed E-state index contributed by atoms with van der Waals surface area (Å²) in [4.78, 5) is 12.4. The van der Waals surface area contributed by atoms with E-state index in [4.69, 9.17) is 0 Å². The molecule has 4 nitrogen and oxygen atoms in total. The topological polar surface area (TPSA) is 37.9 Å². The molecule has 1 N–H and O–H groups in total. The van der Waals surface area contributed by atoms with Crippen LogP contribution in [-0.4, -0.2) is 10.6 Å². The number of benzene rings is 1. The molecule has 1 aromatic heterocycles. The summed E-state index contributed by atoms with van der Waals surface area (Å²) in [6, 6.07) is 8.39. The smallest absolute Gasteiger partial charge is 0.250 e. The number of hydrogen-bond acceptors (Lipinski definition) is 1. The maximum absolute atomic E-state index is 12.4. The summed E-state index contributed by atoms with van der Waals surface area (Å²) in [6.45, 7) is 10.6. The van der Waals surface area contributed by atoms with Crippen molar-refractivity contribution < 1.29 is 42.2 Å². The zero-order chi connectivity index (χ0) is 15.6. The fraction of sp³-hybridized carbons (Fsp3) is 0.412. The van der Waals surface area contributed by atoms with Gasteiger partial charge in [-0.05, 0) is 45.7 Å². The van der Waals surface area contributed by atoms with Gasteiger partial charge in [-0.2, -0.15) is 0 Å². The molecule has 2 aromatic rings. The van der Waals surface area contributed by atoms with Crippen molar-refractivity contribution in [3.05, 3.63) is 47.3 Å². The molecule has 5 heteroatoms. The zero-order valence-electron chi connectivity index (χ0n) is 14.1. The number of nitrogens with zero attached hydrogens (tertiary/aromatic N) is 2. The molecule has 0 atom stereocenters. The number of amides is 1. The molecule has 0 fully saturated rings. The molecule has 0 bridgehead atoms. The standard InChI is InChI=1S/C17H23N3O.Y/c1-12(2)19-10-9-15(5)20(19)11-16(21)18-17-13(3)7-6-8-14(17)4;/h6-10,12H,11H2,1-5H3;/p+1. The molecule has 1 amide bonds. The number of nitrogens with one attached hydrogen (secondary N) is 1. The molecule has 115 valence electrons. The summed E-state index contributed by atoms with van der Waals surface area (Å²) < 4.78 is 4.09. The second-order valence-corrected chi connectivity index (χ2v) is 5.80. The van der Waals surface area contributed by atoms with Crippen molar-refractivity contribution in [2.45, 2.75) is 47.2 Å². The van der Waals surface area contributed by atoms with Gasteiger partial charge in [-0.3, -0.25) is 4.79 Å². The molecule has 22 heavy (non-hydrogen) atoms. The number of carbonyl (C=O) groups excluding carboxylic acids is 1. The Morgan fingerprint density at radius 3 is 2.32 bits per heavy atom. The molecule has 0 unspecified atom stereocenters. The fourth-order valence-electron chi connectivity index (χ4n) is 2.52. The van der Waals surface area contributed by atoms with Crippen LogP contribution in [0.2, 0.25) is 0 Å². The van der Waals surface area contributed by atoms with Crippen LogP contribution in [0.25, 0.3) is 0 Å². The predicted octanol–water partition coefficient (Wildman–Crippen LogP) is 2.92. The molecule has 1 aromatic carbocycles.